The molecule has 29 heavy (non-hydrogen) atoms. The first kappa shape index (κ1) is 20.6. The number of nitrogens with zero attached hydrogens (tertiary/aromatic N) is 2. The number of halogens is 5. The number of benzene rings is 2. The molecule has 3 rings (SSSR count). The van der Waals surface area contributed by atoms with Gasteiger partial charge in [0.25, 0.3) is 5.56 Å². The Morgan fingerprint density at radius 1 is 1.07 bits per heavy atom. The number of thiol groups is 1. The zero-order valence-electron chi connectivity index (χ0n) is 14.6. The highest BCUT2D eigenvalue weighted by Gasteiger charge is 2.32. The van der Waals surface area contributed by atoms with Gasteiger partial charge in [0.15, 0.2) is 0 Å². The molecule has 0 aliphatic heterocycles. The number of ether oxygens (including phenoxy) is 1. The Kier molecular flexibility index (Phi) is 5.51. The Hall–Kier alpha value is -3.08. The summed E-state index contributed by atoms with van der Waals surface area (Å²) in [6, 6.07) is 5.73. The van der Waals surface area contributed by atoms with Crippen LogP contribution in [0.4, 0.5) is 27.6 Å². The first-order valence-corrected chi connectivity index (χ1v) is 8.40. The van der Waals surface area contributed by atoms with Gasteiger partial charge in [0.2, 0.25) is 0 Å². The van der Waals surface area contributed by atoms with Gasteiger partial charge in [-0.3, -0.25) is 4.79 Å². The van der Waals surface area contributed by atoms with E-state index in [1.807, 2.05) is 0 Å². The van der Waals surface area contributed by atoms with Crippen LogP contribution in [0.1, 0.15) is 5.56 Å². The van der Waals surface area contributed by atoms with Crippen LogP contribution in [-0.4, -0.2) is 16.6 Å². The van der Waals surface area contributed by atoms with E-state index in [-0.39, 0.29) is 16.4 Å². The van der Waals surface area contributed by atoms with Crippen LogP contribution in [0.3, 0.4) is 0 Å². The Morgan fingerprint density at radius 3 is 2.31 bits per heavy atom. The molecule has 0 saturated carbocycles. The topological polar surface area (TPSA) is 56.2 Å². The lowest BCUT2D eigenvalue weighted by molar-refractivity contribution is -0.137. The number of aromatic nitrogens is 2. The van der Waals surface area contributed by atoms with Crippen molar-refractivity contribution in [3.8, 4) is 17.4 Å². The van der Waals surface area contributed by atoms with Crippen molar-refractivity contribution in [2.24, 2.45) is 0 Å². The third-order valence-corrected chi connectivity index (χ3v) is 4.10. The van der Waals surface area contributed by atoms with E-state index >= 15 is 0 Å². The molecule has 2 aromatic carbocycles. The van der Waals surface area contributed by atoms with E-state index in [0.717, 1.165) is 16.7 Å². The number of hydrogen-bond donors (Lipinski definition) is 2. The molecule has 0 aliphatic carbocycles. The highest BCUT2D eigenvalue weighted by molar-refractivity contribution is 7.80. The van der Waals surface area contributed by atoms with E-state index in [4.69, 9.17) is 4.74 Å². The highest BCUT2D eigenvalue weighted by Crippen LogP contribution is 2.34. The number of alkyl halides is 3. The van der Waals surface area contributed by atoms with Gasteiger partial charge in [-0.05, 0) is 36.4 Å². The van der Waals surface area contributed by atoms with E-state index in [1.54, 1.807) is 0 Å². The molecule has 1 aromatic heterocycles. The molecule has 0 unspecified atom stereocenters. The summed E-state index contributed by atoms with van der Waals surface area (Å²) in [5, 5.41) is 2.50. The van der Waals surface area contributed by atoms with Crippen LogP contribution in [0.25, 0.3) is 5.69 Å². The minimum absolute atomic E-state index is 0.0276. The smallest absolute Gasteiger partial charge is 0.416 e. The lowest BCUT2D eigenvalue weighted by Gasteiger charge is -2.16. The SMILES string of the molecule is CNc1c(S)nc(Oc2cc(F)cc(C(F)(F)F)c2)n(-c2ccc(F)cc2)c1=O. The largest absolute Gasteiger partial charge is 0.425 e. The van der Waals surface area contributed by atoms with Crippen LogP contribution in [0.15, 0.2) is 52.3 Å². The maximum absolute atomic E-state index is 13.7. The van der Waals surface area contributed by atoms with Crippen molar-refractivity contribution < 1.29 is 26.7 Å². The van der Waals surface area contributed by atoms with Gasteiger partial charge >= 0.3 is 12.2 Å². The molecular weight excluding hydrogens is 417 g/mol. The van der Waals surface area contributed by atoms with Crippen molar-refractivity contribution >= 4 is 18.3 Å². The van der Waals surface area contributed by atoms with Crippen molar-refractivity contribution in [3.05, 3.63) is 70.0 Å². The average molecular weight is 429 g/mol. The summed E-state index contributed by atoms with van der Waals surface area (Å²) in [6.07, 6.45) is -4.81. The third kappa shape index (κ3) is 4.34. The zero-order valence-corrected chi connectivity index (χ0v) is 15.5. The zero-order chi connectivity index (χ0) is 21.3. The molecule has 3 aromatic rings. The van der Waals surface area contributed by atoms with Gasteiger partial charge in [0.05, 0.1) is 11.3 Å². The molecule has 0 fully saturated rings. The maximum atomic E-state index is 13.7. The summed E-state index contributed by atoms with van der Waals surface area (Å²) in [5.41, 5.74) is -1.89. The van der Waals surface area contributed by atoms with E-state index in [9.17, 15) is 26.7 Å². The van der Waals surface area contributed by atoms with Crippen LogP contribution in [0, 0.1) is 11.6 Å². The molecule has 5 nitrogen and oxygen atoms in total. The van der Waals surface area contributed by atoms with Crippen LogP contribution in [0.2, 0.25) is 0 Å². The second-order valence-corrected chi connectivity index (χ2v) is 6.16. The van der Waals surface area contributed by atoms with Crippen LogP contribution in [-0.2, 0) is 6.18 Å². The Labute approximate surface area is 166 Å². The summed E-state index contributed by atoms with van der Waals surface area (Å²) in [7, 11) is 1.44. The fourth-order valence-electron chi connectivity index (χ4n) is 2.49. The molecule has 0 radical (unpaired) electrons. The molecule has 0 amide bonds. The van der Waals surface area contributed by atoms with Crippen LogP contribution < -0.4 is 15.6 Å². The van der Waals surface area contributed by atoms with Gasteiger partial charge in [-0.2, -0.15) is 18.2 Å². The summed E-state index contributed by atoms with van der Waals surface area (Å²) in [6.45, 7) is 0. The fraction of sp³-hybridized carbons (Fsp3) is 0.111. The van der Waals surface area contributed by atoms with Gasteiger partial charge in [-0.1, -0.05) is 0 Å². The molecule has 1 N–H and O–H groups in total. The molecule has 0 spiro atoms. The fourth-order valence-corrected chi connectivity index (χ4v) is 2.78. The molecule has 1 heterocycles. The van der Waals surface area contributed by atoms with Crippen molar-refractivity contribution in [2.45, 2.75) is 11.2 Å². The van der Waals surface area contributed by atoms with E-state index < -0.39 is 40.7 Å². The summed E-state index contributed by atoms with van der Waals surface area (Å²) < 4.78 is 72.0. The van der Waals surface area contributed by atoms with E-state index in [2.05, 4.69) is 22.9 Å². The molecule has 152 valence electrons. The highest BCUT2D eigenvalue weighted by atomic mass is 32.1. The first-order valence-electron chi connectivity index (χ1n) is 7.95. The van der Waals surface area contributed by atoms with Crippen LogP contribution in [0.5, 0.6) is 11.8 Å². The Bertz CT molecular complexity index is 1110. The summed E-state index contributed by atoms with van der Waals surface area (Å²) in [4.78, 5) is 16.8. The van der Waals surface area contributed by atoms with Crippen molar-refractivity contribution in [1.29, 1.82) is 0 Å². The summed E-state index contributed by atoms with van der Waals surface area (Å²) >= 11 is 4.07. The Morgan fingerprint density at radius 2 is 1.72 bits per heavy atom. The molecule has 0 atom stereocenters. The van der Waals surface area contributed by atoms with Crippen molar-refractivity contribution in [3.63, 3.8) is 0 Å². The third-order valence-electron chi connectivity index (χ3n) is 3.78. The molecular formula is C18H12F5N3O2S. The van der Waals surface area contributed by atoms with Crippen molar-refractivity contribution in [1.82, 2.24) is 9.55 Å². The number of nitrogens with one attached hydrogen (secondary N) is 1. The Balaban J connectivity index is 2.19. The lowest BCUT2D eigenvalue weighted by Crippen LogP contribution is -2.24. The lowest BCUT2D eigenvalue weighted by atomic mass is 10.2. The second kappa shape index (κ2) is 7.74. The van der Waals surface area contributed by atoms with Gasteiger partial charge in [0, 0.05) is 13.1 Å². The van der Waals surface area contributed by atoms with Crippen molar-refractivity contribution in [2.75, 3.05) is 12.4 Å². The van der Waals surface area contributed by atoms with Gasteiger partial charge in [-0.15, -0.1) is 12.6 Å². The maximum Gasteiger partial charge on any atom is 0.416 e. The van der Waals surface area contributed by atoms with E-state index in [0.29, 0.717) is 18.2 Å². The predicted octanol–water partition coefficient (Wildman–Crippen LogP) is 4.65. The summed E-state index contributed by atoms with van der Waals surface area (Å²) in [5.74, 6) is -2.30. The number of hydrogen-bond acceptors (Lipinski definition) is 5. The number of anilines is 1. The number of rotatable bonds is 4. The quantitative estimate of drug-likeness (QED) is 0.360. The molecule has 11 heteroatoms. The minimum atomic E-state index is -4.81. The van der Waals surface area contributed by atoms with Crippen LogP contribution >= 0.6 is 12.6 Å². The standard InChI is InChI=1S/C18H12F5N3O2S/c1-24-14-15(29)25-17(26(16(14)27)12-4-2-10(19)3-5-12)28-13-7-9(18(21,22)23)6-11(20)8-13/h2-8,24,29H,1H3. The second-order valence-electron chi connectivity index (χ2n) is 5.74. The molecule has 0 aliphatic rings. The minimum Gasteiger partial charge on any atom is -0.425 e. The normalized spacial score (nSPS) is 11.4. The average Bonchev–Trinajstić information content (AvgIpc) is 2.62. The van der Waals surface area contributed by atoms with Gasteiger partial charge in [0.1, 0.15) is 28.1 Å². The van der Waals surface area contributed by atoms with E-state index in [1.165, 1.54) is 19.2 Å². The molecule has 0 bridgehead atoms. The first-order chi connectivity index (χ1) is 13.6. The predicted molar refractivity (Wildman–Crippen MR) is 98.1 cm³/mol. The molecule has 0 saturated heterocycles. The van der Waals surface area contributed by atoms with Gasteiger partial charge < -0.3 is 10.1 Å². The monoisotopic (exact) mass is 429 g/mol. The van der Waals surface area contributed by atoms with Gasteiger partial charge in [-0.25, -0.2) is 13.3 Å².